The molecule has 0 amide bonds. The number of carbonyl (C=O) groups is 3. The molecule has 0 aliphatic rings. The third kappa shape index (κ3) is 7.98. The summed E-state index contributed by atoms with van der Waals surface area (Å²) in [5.74, 6) is -1.48. The molecule has 0 spiro atoms. The van der Waals surface area contributed by atoms with Crippen LogP contribution in [0.5, 0.6) is 0 Å². The molecule has 6 nitrogen and oxygen atoms in total. The summed E-state index contributed by atoms with van der Waals surface area (Å²) in [7, 11) is 0. The minimum atomic E-state index is -0.909. The van der Waals surface area contributed by atoms with Crippen molar-refractivity contribution in [2.75, 3.05) is 13.2 Å². The highest BCUT2D eigenvalue weighted by Gasteiger charge is 2.21. The first-order valence-corrected chi connectivity index (χ1v) is 10.7. The number of carbonyl (C=O) groups excluding carboxylic acids is 2. The zero-order valence-electron chi connectivity index (χ0n) is 18.2. The normalized spacial score (nSPS) is 12.7. The predicted molar refractivity (Wildman–Crippen MR) is 120 cm³/mol. The van der Waals surface area contributed by atoms with Gasteiger partial charge in [-0.1, -0.05) is 61.5 Å². The van der Waals surface area contributed by atoms with Crippen molar-refractivity contribution >= 4 is 17.7 Å². The number of Topliss-reactive ketones (excluding diaryl/α,β-unsaturated/α-hetero) is 1. The van der Waals surface area contributed by atoms with E-state index in [4.69, 9.17) is 9.84 Å². The fraction of sp³-hybridized carbons (Fsp3) is 0.400. The number of ether oxygens (including phenoxy) is 1. The highest BCUT2D eigenvalue weighted by Crippen LogP contribution is 2.23. The van der Waals surface area contributed by atoms with Crippen LogP contribution < -0.4 is 5.32 Å². The Morgan fingerprint density at radius 2 is 1.61 bits per heavy atom. The lowest BCUT2D eigenvalue weighted by molar-refractivity contribution is -0.147. The topological polar surface area (TPSA) is 92.7 Å². The molecule has 0 aromatic heterocycles. The summed E-state index contributed by atoms with van der Waals surface area (Å²) in [6.07, 6.45) is 0.983. The van der Waals surface area contributed by atoms with Gasteiger partial charge in [0, 0.05) is 12.8 Å². The standard InChI is InChI=1S/C25H31NO5/c1-3-31-25(30)18(2)16-17-26-24(22(27)10-7-11-23(28)29)21-14-12-20(13-15-21)19-8-5-4-6-9-19/h4-6,8-9,12-15,18,24,26H,3,7,10-11,16-17H2,1-2H3,(H,28,29)/t18-,24?/m1/s1. The van der Waals surface area contributed by atoms with Crippen molar-refractivity contribution in [3.8, 4) is 11.1 Å². The molecule has 6 heteroatoms. The van der Waals surface area contributed by atoms with Crippen LogP contribution in [0.3, 0.4) is 0 Å². The van der Waals surface area contributed by atoms with E-state index in [1.54, 1.807) is 13.8 Å². The van der Waals surface area contributed by atoms with E-state index >= 15 is 0 Å². The molecule has 1 unspecified atom stereocenters. The molecular formula is C25H31NO5. The number of ketones is 1. The third-order valence-electron chi connectivity index (χ3n) is 5.10. The van der Waals surface area contributed by atoms with E-state index in [2.05, 4.69) is 5.32 Å². The Morgan fingerprint density at radius 1 is 0.968 bits per heavy atom. The lowest BCUT2D eigenvalue weighted by Crippen LogP contribution is -2.31. The van der Waals surface area contributed by atoms with Gasteiger partial charge >= 0.3 is 11.9 Å². The second kappa shape index (κ2) is 12.6. The number of carboxylic acid groups (broad SMARTS) is 1. The number of benzene rings is 2. The Labute approximate surface area is 183 Å². The first-order valence-electron chi connectivity index (χ1n) is 10.7. The quantitative estimate of drug-likeness (QED) is 0.462. The van der Waals surface area contributed by atoms with E-state index in [1.165, 1.54) is 0 Å². The molecule has 0 saturated carbocycles. The Kier molecular flexibility index (Phi) is 9.91. The van der Waals surface area contributed by atoms with Crippen LogP contribution in [0.2, 0.25) is 0 Å². The fourth-order valence-corrected chi connectivity index (χ4v) is 3.32. The first kappa shape index (κ1) is 24.3. The van der Waals surface area contributed by atoms with Crippen LogP contribution in [0.4, 0.5) is 0 Å². The molecule has 166 valence electrons. The van der Waals surface area contributed by atoms with E-state index in [9.17, 15) is 14.4 Å². The summed E-state index contributed by atoms with van der Waals surface area (Å²) >= 11 is 0. The zero-order valence-corrected chi connectivity index (χ0v) is 18.2. The van der Waals surface area contributed by atoms with Crippen molar-refractivity contribution in [2.24, 2.45) is 5.92 Å². The Morgan fingerprint density at radius 3 is 2.23 bits per heavy atom. The molecule has 2 atom stereocenters. The number of hydrogen-bond acceptors (Lipinski definition) is 5. The maximum Gasteiger partial charge on any atom is 0.308 e. The van der Waals surface area contributed by atoms with Crippen molar-refractivity contribution in [3.63, 3.8) is 0 Å². The van der Waals surface area contributed by atoms with Crippen molar-refractivity contribution in [3.05, 3.63) is 60.2 Å². The molecule has 2 aromatic carbocycles. The molecule has 2 rings (SSSR count). The van der Waals surface area contributed by atoms with Gasteiger partial charge in [-0.3, -0.25) is 14.4 Å². The maximum atomic E-state index is 12.8. The highest BCUT2D eigenvalue weighted by molar-refractivity contribution is 5.86. The summed E-state index contributed by atoms with van der Waals surface area (Å²) in [4.78, 5) is 35.5. The lowest BCUT2D eigenvalue weighted by Gasteiger charge is -2.20. The van der Waals surface area contributed by atoms with Crippen LogP contribution in [0.25, 0.3) is 11.1 Å². The van der Waals surface area contributed by atoms with Crippen molar-refractivity contribution in [2.45, 2.75) is 45.6 Å². The minimum absolute atomic E-state index is 0.0364. The van der Waals surface area contributed by atoms with Crippen LogP contribution >= 0.6 is 0 Å². The van der Waals surface area contributed by atoms with E-state index < -0.39 is 12.0 Å². The smallest absolute Gasteiger partial charge is 0.308 e. The molecule has 0 heterocycles. The van der Waals surface area contributed by atoms with Gasteiger partial charge in [-0.15, -0.1) is 0 Å². The van der Waals surface area contributed by atoms with Crippen LogP contribution in [-0.4, -0.2) is 36.0 Å². The maximum absolute atomic E-state index is 12.8. The molecule has 0 aliphatic carbocycles. The number of esters is 1. The average Bonchev–Trinajstić information content (AvgIpc) is 2.77. The zero-order chi connectivity index (χ0) is 22.6. The number of nitrogens with one attached hydrogen (secondary N) is 1. The number of aliphatic carboxylic acids is 1. The number of carboxylic acids is 1. The van der Waals surface area contributed by atoms with Gasteiger partial charge in [0.2, 0.25) is 0 Å². The van der Waals surface area contributed by atoms with Crippen LogP contribution in [0, 0.1) is 5.92 Å². The summed E-state index contributed by atoms with van der Waals surface area (Å²) in [6.45, 7) is 4.39. The summed E-state index contributed by atoms with van der Waals surface area (Å²) in [5.41, 5.74) is 2.97. The van der Waals surface area contributed by atoms with Crippen molar-refractivity contribution in [1.82, 2.24) is 5.32 Å². The second-order valence-electron chi connectivity index (χ2n) is 7.53. The van der Waals surface area contributed by atoms with E-state index in [0.29, 0.717) is 26.0 Å². The summed E-state index contributed by atoms with van der Waals surface area (Å²) in [6, 6.07) is 17.2. The Bertz CT molecular complexity index is 848. The van der Waals surface area contributed by atoms with Gasteiger partial charge in [0.05, 0.1) is 18.6 Å². The van der Waals surface area contributed by atoms with Crippen LogP contribution in [0.1, 0.15) is 51.1 Å². The van der Waals surface area contributed by atoms with Gasteiger partial charge in [-0.05, 0) is 43.0 Å². The fourth-order valence-electron chi connectivity index (χ4n) is 3.32. The minimum Gasteiger partial charge on any atom is -0.481 e. The number of hydrogen-bond donors (Lipinski definition) is 2. The van der Waals surface area contributed by atoms with Gasteiger partial charge in [0.1, 0.15) is 0 Å². The summed E-state index contributed by atoms with van der Waals surface area (Å²) in [5, 5.41) is 12.1. The molecule has 0 bridgehead atoms. The second-order valence-corrected chi connectivity index (χ2v) is 7.53. The van der Waals surface area contributed by atoms with Gasteiger partial charge < -0.3 is 15.2 Å². The highest BCUT2D eigenvalue weighted by atomic mass is 16.5. The molecule has 0 aliphatic heterocycles. The molecule has 0 fully saturated rings. The van der Waals surface area contributed by atoms with Gasteiger partial charge in [-0.2, -0.15) is 0 Å². The molecular weight excluding hydrogens is 394 g/mol. The monoisotopic (exact) mass is 425 g/mol. The summed E-state index contributed by atoms with van der Waals surface area (Å²) < 4.78 is 5.03. The van der Waals surface area contributed by atoms with E-state index in [0.717, 1.165) is 16.7 Å². The Hall–Kier alpha value is -2.99. The number of rotatable bonds is 13. The molecule has 2 N–H and O–H groups in total. The van der Waals surface area contributed by atoms with Gasteiger partial charge in [-0.25, -0.2) is 0 Å². The average molecular weight is 426 g/mol. The SMILES string of the molecule is CCOC(=O)[C@H](C)CCNC(C(=O)CCCC(=O)O)c1ccc(-c2ccccc2)cc1. The first-order chi connectivity index (χ1) is 14.9. The van der Waals surface area contributed by atoms with E-state index in [1.807, 2.05) is 54.6 Å². The van der Waals surface area contributed by atoms with E-state index in [-0.39, 0.29) is 30.5 Å². The van der Waals surface area contributed by atoms with Gasteiger partial charge in [0.25, 0.3) is 0 Å². The largest absolute Gasteiger partial charge is 0.481 e. The lowest BCUT2D eigenvalue weighted by atomic mass is 9.96. The third-order valence-corrected chi connectivity index (χ3v) is 5.10. The predicted octanol–water partition coefficient (Wildman–Crippen LogP) is 4.40. The van der Waals surface area contributed by atoms with Crippen molar-refractivity contribution < 1.29 is 24.2 Å². The molecule has 31 heavy (non-hydrogen) atoms. The Balaban J connectivity index is 2.08. The van der Waals surface area contributed by atoms with Gasteiger partial charge in [0.15, 0.2) is 5.78 Å². The van der Waals surface area contributed by atoms with Crippen molar-refractivity contribution in [1.29, 1.82) is 0 Å². The van der Waals surface area contributed by atoms with Crippen LogP contribution in [-0.2, 0) is 19.1 Å². The molecule has 0 saturated heterocycles. The molecule has 0 radical (unpaired) electrons. The molecule has 2 aromatic rings. The van der Waals surface area contributed by atoms with Crippen LogP contribution in [0.15, 0.2) is 54.6 Å².